The second-order valence-corrected chi connectivity index (χ2v) is 4.17. The molecule has 1 saturated heterocycles. The van der Waals surface area contributed by atoms with Gasteiger partial charge in [0, 0.05) is 32.7 Å². The van der Waals surface area contributed by atoms with Gasteiger partial charge in [-0.05, 0) is 12.6 Å². The number of carboxylic acid groups (broad SMARTS) is 1. The van der Waals surface area contributed by atoms with Crippen LogP contribution >= 0.6 is 0 Å². The summed E-state index contributed by atoms with van der Waals surface area (Å²) in [4.78, 5) is 13.3. The van der Waals surface area contributed by atoms with Gasteiger partial charge in [0.15, 0.2) is 0 Å². The van der Waals surface area contributed by atoms with E-state index < -0.39 is 0 Å². The topological polar surface area (TPSA) is 43.8 Å². The quantitative estimate of drug-likeness (QED) is 0.782. The van der Waals surface area contributed by atoms with Crippen molar-refractivity contribution in [3.63, 3.8) is 0 Å². The van der Waals surface area contributed by atoms with E-state index in [0.717, 1.165) is 6.54 Å². The molecule has 1 aliphatic rings. The van der Waals surface area contributed by atoms with Gasteiger partial charge >= 0.3 is 0 Å². The molecule has 17 heavy (non-hydrogen) atoms. The Kier molecular flexibility index (Phi) is 6.29. The predicted molar refractivity (Wildman–Crippen MR) is 67.9 cm³/mol. The smallest absolute Gasteiger partial charge is 0.290 e. The van der Waals surface area contributed by atoms with E-state index in [9.17, 15) is 0 Å². The normalized spacial score (nSPS) is 17.0. The number of nitrogens with zero attached hydrogens (tertiary/aromatic N) is 2. The molecular formula is C13H20N2O2. The maximum absolute atomic E-state index is 8.36. The molecule has 1 aromatic carbocycles. The lowest BCUT2D eigenvalue weighted by Crippen LogP contribution is -2.43. The van der Waals surface area contributed by atoms with Crippen molar-refractivity contribution < 1.29 is 9.90 Å². The van der Waals surface area contributed by atoms with Crippen LogP contribution in [-0.4, -0.2) is 54.6 Å². The average molecular weight is 236 g/mol. The van der Waals surface area contributed by atoms with Crippen LogP contribution in [-0.2, 0) is 11.3 Å². The molecule has 0 spiro atoms. The van der Waals surface area contributed by atoms with Crippen LogP contribution in [0.2, 0.25) is 0 Å². The maximum Gasteiger partial charge on any atom is 0.290 e. The van der Waals surface area contributed by atoms with Gasteiger partial charge in [-0.1, -0.05) is 30.3 Å². The molecule has 0 atom stereocenters. The van der Waals surface area contributed by atoms with Crippen LogP contribution in [0, 0.1) is 0 Å². The fraction of sp³-hybridized carbons (Fsp3) is 0.462. The molecule has 4 heteroatoms. The molecule has 0 bridgehead atoms. The van der Waals surface area contributed by atoms with Crippen LogP contribution in [0.3, 0.4) is 0 Å². The van der Waals surface area contributed by atoms with Crippen molar-refractivity contribution in [3.8, 4) is 0 Å². The van der Waals surface area contributed by atoms with E-state index in [4.69, 9.17) is 9.90 Å². The summed E-state index contributed by atoms with van der Waals surface area (Å²) in [5.41, 5.74) is 1.43. The second-order valence-electron chi connectivity index (χ2n) is 4.17. The third-order valence-corrected chi connectivity index (χ3v) is 2.84. The Balaban J connectivity index is 0.000000437. The van der Waals surface area contributed by atoms with Crippen molar-refractivity contribution >= 4 is 6.47 Å². The third-order valence-electron chi connectivity index (χ3n) is 2.84. The van der Waals surface area contributed by atoms with Crippen LogP contribution in [0.25, 0.3) is 0 Å². The number of rotatable bonds is 2. The predicted octanol–water partition coefficient (Wildman–Crippen LogP) is 1.13. The number of hydrogen-bond donors (Lipinski definition) is 1. The van der Waals surface area contributed by atoms with Crippen LogP contribution in [0.15, 0.2) is 30.3 Å². The number of carbonyl (C=O) groups is 1. The molecule has 0 unspecified atom stereocenters. The first-order valence-electron chi connectivity index (χ1n) is 5.79. The summed E-state index contributed by atoms with van der Waals surface area (Å²) in [6.45, 7) is 5.66. The third kappa shape index (κ3) is 5.47. The lowest BCUT2D eigenvalue weighted by Gasteiger charge is -2.32. The van der Waals surface area contributed by atoms with E-state index in [1.165, 1.54) is 31.7 Å². The Morgan fingerprint density at radius 1 is 1.18 bits per heavy atom. The summed E-state index contributed by atoms with van der Waals surface area (Å²) in [7, 11) is 2.19. The van der Waals surface area contributed by atoms with Gasteiger partial charge in [-0.15, -0.1) is 0 Å². The monoisotopic (exact) mass is 236 g/mol. The van der Waals surface area contributed by atoms with E-state index >= 15 is 0 Å². The Morgan fingerprint density at radius 3 is 2.24 bits per heavy atom. The highest BCUT2D eigenvalue weighted by atomic mass is 16.3. The maximum atomic E-state index is 8.36. The average Bonchev–Trinajstić information content (AvgIpc) is 2.35. The van der Waals surface area contributed by atoms with E-state index in [1.807, 2.05) is 0 Å². The van der Waals surface area contributed by atoms with Gasteiger partial charge < -0.3 is 10.0 Å². The van der Waals surface area contributed by atoms with Crippen molar-refractivity contribution in [2.75, 3.05) is 33.2 Å². The van der Waals surface area contributed by atoms with E-state index in [2.05, 4.69) is 47.2 Å². The SMILES string of the molecule is CN1CCN(Cc2ccccc2)CC1.O=CO. The molecule has 0 aromatic heterocycles. The molecule has 0 aliphatic carbocycles. The first-order valence-corrected chi connectivity index (χ1v) is 5.79. The molecule has 4 nitrogen and oxygen atoms in total. The molecule has 0 radical (unpaired) electrons. The fourth-order valence-electron chi connectivity index (χ4n) is 1.85. The minimum atomic E-state index is -0.250. The summed E-state index contributed by atoms with van der Waals surface area (Å²) in [6, 6.07) is 10.7. The molecule has 1 aromatic rings. The van der Waals surface area contributed by atoms with Gasteiger partial charge in [0.05, 0.1) is 0 Å². The number of piperazine rings is 1. The van der Waals surface area contributed by atoms with Crippen molar-refractivity contribution in [2.24, 2.45) is 0 Å². The van der Waals surface area contributed by atoms with Crippen LogP contribution in [0.4, 0.5) is 0 Å². The molecule has 0 amide bonds. The Hall–Kier alpha value is -1.39. The standard InChI is InChI=1S/C12H18N2.CH2O2/c1-13-7-9-14(10-8-13)11-12-5-3-2-4-6-12;2-1-3/h2-6H,7-11H2,1H3;1H,(H,2,3). The van der Waals surface area contributed by atoms with E-state index in [0.29, 0.717) is 0 Å². The summed E-state index contributed by atoms with van der Waals surface area (Å²) >= 11 is 0. The lowest BCUT2D eigenvalue weighted by atomic mass is 10.2. The second kappa shape index (κ2) is 7.81. The zero-order valence-electron chi connectivity index (χ0n) is 10.2. The van der Waals surface area contributed by atoms with Crippen molar-refractivity contribution in [3.05, 3.63) is 35.9 Å². The van der Waals surface area contributed by atoms with Crippen LogP contribution in [0.5, 0.6) is 0 Å². The Bertz CT molecular complexity index is 308. The highest BCUT2D eigenvalue weighted by Crippen LogP contribution is 2.06. The number of likely N-dealkylation sites (N-methyl/N-ethyl adjacent to an activating group) is 1. The molecule has 2 rings (SSSR count). The molecule has 1 aliphatic heterocycles. The van der Waals surface area contributed by atoms with Gasteiger partial charge in [-0.25, -0.2) is 0 Å². The van der Waals surface area contributed by atoms with Gasteiger partial charge in [0.1, 0.15) is 0 Å². The minimum Gasteiger partial charge on any atom is -0.483 e. The largest absolute Gasteiger partial charge is 0.483 e. The first-order chi connectivity index (χ1) is 8.26. The van der Waals surface area contributed by atoms with E-state index in [-0.39, 0.29) is 6.47 Å². The number of hydrogen-bond acceptors (Lipinski definition) is 3. The molecular weight excluding hydrogens is 216 g/mol. The number of benzene rings is 1. The van der Waals surface area contributed by atoms with Crippen molar-refractivity contribution in [1.82, 2.24) is 9.80 Å². The summed E-state index contributed by atoms with van der Waals surface area (Å²) in [5, 5.41) is 6.89. The molecule has 94 valence electrons. The van der Waals surface area contributed by atoms with Gasteiger partial charge in [-0.3, -0.25) is 9.69 Å². The van der Waals surface area contributed by atoms with Crippen LogP contribution in [0.1, 0.15) is 5.56 Å². The minimum absolute atomic E-state index is 0.250. The summed E-state index contributed by atoms with van der Waals surface area (Å²) < 4.78 is 0. The Labute approximate surface area is 102 Å². The van der Waals surface area contributed by atoms with Gasteiger partial charge in [0.25, 0.3) is 6.47 Å². The van der Waals surface area contributed by atoms with Gasteiger partial charge in [-0.2, -0.15) is 0 Å². The molecule has 1 N–H and O–H groups in total. The van der Waals surface area contributed by atoms with Gasteiger partial charge in [0.2, 0.25) is 0 Å². The highest BCUT2D eigenvalue weighted by Gasteiger charge is 2.13. The van der Waals surface area contributed by atoms with E-state index in [1.54, 1.807) is 0 Å². The Morgan fingerprint density at radius 2 is 1.71 bits per heavy atom. The first kappa shape index (κ1) is 13.7. The highest BCUT2D eigenvalue weighted by molar-refractivity contribution is 5.32. The molecule has 1 heterocycles. The zero-order valence-corrected chi connectivity index (χ0v) is 10.2. The van der Waals surface area contributed by atoms with Crippen molar-refractivity contribution in [1.29, 1.82) is 0 Å². The lowest BCUT2D eigenvalue weighted by molar-refractivity contribution is -0.122. The molecule has 1 fully saturated rings. The zero-order chi connectivity index (χ0) is 12.5. The fourth-order valence-corrected chi connectivity index (χ4v) is 1.85. The van der Waals surface area contributed by atoms with Crippen molar-refractivity contribution in [2.45, 2.75) is 6.54 Å². The summed E-state index contributed by atoms with van der Waals surface area (Å²) in [6.07, 6.45) is 0. The van der Waals surface area contributed by atoms with Crippen LogP contribution < -0.4 is 0 Å². The molecule has 0 saturated carbocycles. The summed E-state index contributed by atoms with van der Waals surface area (Å²) in [5.74, 6) is 0.